The van der Waals surface area contributed by atoms with Gasteiger partial charge in [-0.05, 0) is 19.8 Å². The van der Waals surface area contributed by atoms with Crippen molar-refractivity contribution in [3.63, 3.8) is 0 Å². The lowest BCUT2D eigenvalue weighted by Gasteiger charge is -2.30. The third-order valence-electron chi connectivity index (χ3n) is 5.08. The molecule has 0 fully saturated rings. The average Bonchev–Trinajstić information content (AvgIpc) is 2.96. The second kappa shape index (κ2) is 25.2. The Kier molecular flexibility index (Phi) is 25.6. The van der Waals surface area contributed by atoms with Crippen LogP contribution >= 0.6 is 0 Å². The largest absolute Gasteiger partial charge is 0.543 e. The van der Waals surface area contributed by atoms with Crippen molar-refractivity contribution in [1.29, 1.82) is 0 Å². The quantitative estimate of drug-likeness (QED) is 0.0682. The minimum absolute atomic E-state index is 0.245. The van der Waals surface area contributed by atoms with Gasteiger partial charge in [-0.2, -0.15) is 0 Å². The molecular formula is C25H50O13Si2. The molecule has 0 amide bonds. The normalized spacial score (nSPS) is 12.2. The van der Waals surface area contributed by atoms with Gasteiger partial charge in [0.2, 0.25) is 0 Å². The van der Waals surface area contributed by atoms with Gasteiger partial charge < -0.3 is 50.2 Å². The van der Waals surface area contributed by atoms with Gasteiger partial charge in [-0.1, -0.05) is 20.1 Å². The van der Waals surface area contributed by atoms with E-state index in [1.54, 1.807) is 28.3 Å². The van der Waals surface area contributed by atoms with E-state index in [1.165, 1.54) is 21.3 Å². The third-order valence-corrected chi connectivity index (χ3v) is 11.0. The first-order valence-corrected chi connectivity index (χ1v) is 16.5. The van der Waals surface area contributed by atoms with Gasteiger partial charge in [0.1, 0.15) is 0 Å². The molecule has 0 aliphatic heterocycles. The van der Waals surface area contributed by atoms with E-state index in [1.807, 2.05) is 6.92 Å². The first-order chi connectivity index (χ1) is 19.1. The second-order valence-electron chi connectivity index (χ2n) is 7.98. The molecule has 40 heavy (non-hydrogen) atoms. The molecule has 0 aromatic carbocycles. The predicted octanol–water partition coefficient (Wildman–Crippen LogP) is 2.34. The zero-order valence-electron chi connectivity index (χ0n) is 25.4. The summed E-state index contributed by atoms with van der Waals surface area (Å²) in [6.07, 6.45) is 2.21. The van der Waals surface area contributed by atoms with E-state index < -0.39 is 35.3 Å². The highest BCUT2D eigenvalue weighted by Crippen LogP contribution is 2.19. The zero-order valence-corrected chi connectivity index (χ0v) is 27.4. The highest BCUT2D eigenvalue weighted by atomic mass is 28.4. The van der Waals surface area contributed by atoms with Crippen LogP contribution in [-0.4, -0.2) is 124 Å². The molecule has 0 saturated carbocycles. The summed E-state index contributed by atoms with van der Waals surface area (Å²) in [6, 6.07) is 0.508. The summed E-state index contributed by atoms with van der Waals surface area (Å²) in [4.78, 5) is 22.5. The van der Waals surface area contributed by atoms with Crippen LogP contribution in [0, 0.1) is 0 Å². The molecule has 0 saturated heterocycles. The van der Waals surface area contributed by atoms with Crippen molar-refractivity contribution in [2.45, 2.75) is 38.5 Å². The van der Waals surface area contributed by atoms with Gasteiger partial charge in [-0.25, -0.2) is 9.59 Å². The van der Waals surface area contributed by atoms with Crippen molar-refractivity contribution in [3.8, 4) is 0 Å². The summed E-state index contributed by atoms with van der Waals surface area (Å²) in [6.45, 7) is 13.0. The van der Waals surface area contributed by atoms with Crippen molar-refractivity contribution in [2.24, 2.45) is 0 Å². The van der Waals surface area contributed by atoms with Crippen molar-refractivity contribution in [1.82, 2.24) is 0 Å². The fourth-order valence-electron chi connectivity index (χ4n) is 3.00. The Labute approximate surface area is 241 Å². The smallest absolute Gasteiger partial charge is 0.462 e. The van der Waals surface area contributed by atoms with Gasteiger partial charge in [-0.15, -0.1) is 0 Å². The number of hydrogen-bond donors (Lipinski definition) is 0. The monoisotopic (exact) mass is 614 g/mol. The highest BCUT2D eigenvalue weighted by Gasteiger charge is 2.49. The van der Waals surface area contributed by atoms with E-state index in [0.717, 1.165) is 6.08 Å². The maximum absolute atomic E-state index is 11.4. The molecule has 1 unspecified atom stereocenters. The molecule has 1 atom stereocenters. The Morgan fingerprint density at radius 3 is 1.55 bits per heavy atom. The van der Waals surface area contributed by atoms with Crippen LogP contribution in [0.1, 0.15) is 26.7 Å². The van der Waals surface area contributed by atoms with Crippen molar-refractivity contribution in [3.05, 3.63) is 24.8 Å². The number of methoxy groups -OCH3 is 3. The molecule has 0 aromatic heterocycles. The summed E-state index contributed by atoms with van der Waals surface area (Å²) in [5.74, 6) is -0.918. The number of hydrogen-bond acceptors (Lipinski definition) is 13. The molecule has 0 radical (unpaired) electrons. The third kappa shape index (κ3) is 17.3. The van der Waals surface area contributed by atoms with Crippen LogP contribution in [0.25, 0.3) is 0 Å². The molecule has 0 aromatic rings. The van der Waals surface area contributed by atoms with Crippen molar-refractivity contribution >= 4 is 29.5 Å². The van der Waals surface area contributed by atoms with Crippen LogP contribution in [0.4, 0.5) is 0 Å². The Morgan fingerprint density at radius 2 is 1.23 bits per heavy atom. The number of carbonyl (C=O) groups excluding carboxylic acids is 2. The zero-order chi connectivity index (χ0) is 30.9. The lowest BCUT2D eigenvalue weighted by atomic mass is 10.4. The van der Waals surface area contributed by atoms with E-state index in [9.17, 15) is 9.59 Å². The second-order valence-corrected chi connectivity index (χ2v) is 13.8. The molecule has 15 heteroatoms. The van der Waals surface area contributed by atoms with Crippen LogP contribution in [0.15, 0.2) is 24.8 Å². The lowest BCUT2D eigenvalue weighted by molar-refractivity contribution is -0.142. The number of ether oxygens (including phenoxy) is 5. The molecule has 236 valence electrons. The van der Waals surface area contributed by atoms with E-state index >= 15 is 0 Å². The predicted molar refractivity (Wildman–Crippen MR) is 152 cm³/mol. The minimum atomic E-state index is -2.96. The van der Waals surface area contributed by atoms with Gasteiger partial charge in [0, 0.05) is 60.4 Å². The van der Waals surface area contributed by atoms with E-state index in [-0.39, 0.29) is 6.61 Å². The fourth-order valence-corrected chi connectivity index (χ4v) is 7.49. The van der Waals surface area contributed by atoms with Gasteiger partial charge in [-0.3, -0.25) is 0 Å². The van der Waals surface area contributed by atoms with Crippen LogP contribution in [0.3, 0.4) is 0 Å². The molecular weight excluding hydrogens is 564 g/mol. The van der Waals surface area contributed by atoms with Crippen LogP contribution in [-0.2, 0) is 59.8 Å². The molecule has 13 nitrogen and oxygen atoms in total. The number of rotatable bonds is 24. The van der Waals surface area contributed by atoms with Crippen molar-refractivity contribution in [2.75, 3.05) is 88.9 Å². The number of esters is 2. The molecule has 0 rings (SSSR count). The summed E-state index contributed by atoms with van der Waals surface area (Å²) >= 11 is 0. The molecule has 0 heterocycles. The fraction of sp³-hybridized carbons (Fsp3) is 0.760. The first-order valence-electron chi connectivity index (χ1n) is 12.8. The molecule has 0 aliphatic rings. The Bertz CT molecular complexity index is 655. The average molecular weight is 615 g/mol. The van der Waals surface area contributed by atoms with Gasteiger partial charge in [0.05, 0.1) is 46.2 Å². The Balaban J connectivity index is 0. The van der Waals surface area contributed by atoms with E-state index in [0.29, 0.717) is 64.1 Å². The molecule has 0 bridgehead atoms. The Hall–Kier alpha value is -1.51. The van der Waals surface area contributed by atoms with Crippen LogP contribution < -0.4 is 0 Å². The maximum atomic E-state index is 11.4. The lowest BCUT2D eigenvalue weighted by Crippen LogP contribution is -2.55. The topological polar surface area (TPSA) is 136 Å². The maximum Gasteiger partial charge on any atom is 0.543 e. The van der Waals surface area contributed by atoms with Gasteiger partial charge >= 0.3 is 29.5 Å². The minimum Gasteiger partial charge on any atom is -0.462 e. The first kappa shape index (κ1) is 40.6. The van der Waals surface area contributed by atoms with Crippen LogP contribution in [0.5, 0.6) is 0 Å². The molecule has 0 spiro atoms. The van der Waals surface area contributed by atoms with Crippen molar-refractivity contribution < 1.29 is 59.8 Å². The summed E-state index contributed by atoms with van der Waals surface area (Å²) in [5, 5.41) is 0. The molecule has 0 aliphatic carbocycles. The summed E-state index contributed by atoms with van der Waals surface area (Å²) in [5.41, 5.74) is -0.143. The van der Waals surface area contributed by atoms with Gasteiger partial charge in [0.15, 0.2) is 5.73 Å². The van der Waals surface area contributed by atoms with E-state index in [2.05, 4.69) is 13.2 Å². The SMILES string of the molecule is C=C(C)C(=O)OCCC[Si](OCCOC)(OCCOC)OCCOC.C=CC(=O)OC(CC)[Si](OC)(OC)OC. The Morgan fingerprint density at radius 1 is 0.775 bits per heavy atom. The van der Waals surface area contributed by atoms with Gasteiger partial charge in [0.25, 0.3) is 0 Å². The number of carbonyl (C=O) groups is 2. The summed E-state index contributed by atoms with van der Waals surface area (Å²) < 4.78 is 58.7. The summed E-state index contributed by atoms with van der Waals surface area (Å²) in [7, 11) is 3.35. The van der Waals surface area contributed by atoms with Crippen LogP contribution in [0.2, 0.25) is 6.04 Å². The molecule has 0 N–H and O–H groups in total. The standard InChI is InChI=1S/C16H32O8Si.C9H18O5Si/c1-15(2)16(17)21-7-6-14-25(22-11-8-18-3,23-12-9-19-4)24-13-10-20-5;1-6-8(10)14-9(7-2)15(11-3,12-4)13-5/h1,6-14H2,2-5H3;6,9H,1,7H2,2-5H3. The van der Waals surface area contributed by atoms with E-state index in [4.69, 9.17) is 50.2 Å². The highest BCUT2D eigenvalue weighted by molar-refractivity contribution is 6.62.